The number of aromatic nitrogens is 2. The predicted molar refractivity (Wildman–Crippen MR) is 119 cm³/mol. The summed E-state index contributed by atoms with van der Waals surface area (Å²) >= 11 is 0. The zero-order valence-electron chi connectivity index (χ0n) is 17.7. The van der Waals surface area contributed by atoms with Crippen molar-refractivity contribution in [2.24, 2.45) is 13.0 Å². The van der Waals surface area contributed by atoms with Crippen LogP contribution in [0.1, 0.15) is 37.7 Å². The van der Waals surface area contributed by atoms with E-state index in [-0.39, 0.29) is 17.4 Å². The molecule has 2 aromatic rings. The van der Waals surface area contributed by atoms with Crippen molar-refractivity contribution < 1.29 is 4.79 Å². The van der Waals surface area contributed by atoms with E-state index in [0.29, 0.717) is 13.1 Å². The van der Waals surface area contributed by atoms with Crippen molar-refractivity contribution in [1.29, 1.82) is 0 Å². The Hall–Kier alpha value is -2.83. The molecule has 2 saturated heterocycles. The van der Waals surface area contributed by atoms with Gasteiger partial charge in [-0.3, -0.25) is 9.59 Å². The lowest BCUT2D eigenvalue weighted by atomic mass is 9.96. The maximum absolute atomic E-state index is 12.8. The van der Waals surface area contributed by atoms with Crippen molar-refractivity contribution in [2.75, 3.05) is 36.0 Å². The summed E-state index contributed by atoms with van der Waals surface area (Å²) in [6.07, 6.45) is 7.36. The summed E-state index contributed by atoms with van der Waals surface area (Å²) in [5, 5.41) is 7.20. The Labute approximate surface area is 177 Å². The highest BCUT2D eigenvalue weighted by Gasteiger charge is 2.26. The van der Waals surface area contributed by atoms with Gasteiger partial charge in [0, 0.05) is 51.5 Å². The molecule has 7 nitrogen and oxygen atoms in total. The fourth-order valence-corrected chi connectivity index (χ4v) is 4.37. The maximum Gasteiger partial charge on any atom is 0.268 e. The number of anilines is 2. The minimum absolute atomic E-state index is 0.0737. The highest BCUT2D eigenvalue weighted by molar-refractivity contribution is 5.79. The van der Waals surface area contributed by atoms with Crippen molar-refractivity contribution in [3.05, 3.63) is 52.4 Å². The van der Waals surface area contributed by atoms with Gasteiger partial charge in [0.05, 0.1) is 17.8 Å². The molecular weight excluding hydrogens is 378 g/mol. The topological polar surface area (TPSA) is 70.5 Å². The Balaban J connectivity index is 1.31. The molecule has 2 aliphatic rings. The molecule has 0 unspecified atom stereocenters. The van der Waals surface area contributed by atoms with Gasteiger partial charge in [0.25, 0.3) is 5.56 Å². The van der Waals surface area contributed by atoms with Crippen LogP contribution in [0.3, 0.4) is 0 Å². The summed E-state index contributed by atoms with van der Waals surface area (Å²) < 4.78 is 1.31. The largest absolute Gasteiger partial charge is 0.372 e. The molecule has 160 valence electrons. The van der Waals surface area contributed by atoms with Gasteiger partial charge in [-0.25, -0.2) is 4.68 Å². The van der Waals surface area contributed by atoms with Crippen LogP contribution in [0.15, 0.2) is 41.3 Å². The predicted octanol–water partition coefficient (Wildman–Crippen LogP) is 2.30. The molecule has 1 N–H and O–H groups in total. The summed E-state index contributed by atoms with van der Waals surface area (Å²) in [6.45, 7) is 4.28. The summed E-state index contributed by atoms with van der Waals surface area (Å²) in [4.78, 5) is 29.2. The van der Waals surface area contributed by atoms with Gasteiger partial charge in [0.1, 0.15) is 0 Å². The number of nitrogens with one attached hydrogen (secondary N) is 1. The molecule has 4 rings (SSSR count). The van der Waals surface area contributed by atoms with Crippen LogP contribution in [0.25, 0.3) is 0 Å². The molecule has 0 bridgehead atoms. The first-order valence-corrected chi connectivity index (χ1v) is 11.0. The number of benzene rings is 1. The first-order chi connectivity index (χ1) is 14.6. The van der Waals surface area contributed by atoms with Crippen molar-refractivity contribution in [3.8, 4) is 0 Å². The van der Waals surface area contributed by atoms with Crippen molar-refractivity contribution in [1.82, 2.24) is 15.1 Å². The molecule has 3 heterocycles. The molecule has 2 fully saturated rings. The van der Waals surface area contributed by atoms with Gasteiger partial charge < -0.3 is 15.1 Å². The Kier molecular flexibility index (Phi) is 6.35. The van der Waals surface area contributed by atoms with Gasteiger partial charge in [-0.1, -0.05) is 12.1 Å². The molecule has 0 spiro atoms. The van der Waals surface area contributed by atoms with Crippen molar-refractivity contribution >= 4 is 17.3 Å². The van der Waals surface area contributed by atoms with E-state index in [0.717, 1.165) is 43.7 Å². The first-order valence-electron chi connectivity index (χ1n) is 11.0. The summed E-state index contributed by atoms with van der Waals surface area (Å²) in [7, 11) is 1.64. The second-order valence-electron chi connectivity index (χ2n) is 8.39. The van der Waals surface area contributed by atoms with E-state index in [1.54, 1.807) is 19.3 Å². The monoisotopic (exact) mass is 409 g/mol. The molecule has 0 radical (unpaired) electrons. The number of carbonyl (C=O) groups excluding carboxylic acids is 1. The van der Waals surface area contributed by atoms with Gasteiger partial charge in [-0.2, -0.15) is 5.10 Å². The Morgan fingerprint density at radius 1 is 1.03 bits per heavy atom. The van der Waals surface area contributed by atoms with E-state index in [9.17, 15) is 9.59 Å². The second-order valence-corrected chi connectivity index (χ2v) is 8.39. The van der Waals surface area contributed by atoms with Crippen LogP contribution in [0.5, 0.6) is 0 Å². The van der Waals surface area contributed by atoms with Crippen LogP contribution in [0.4, 0.5) is 11.4 Å². The lowest BCUT2D eigenvalue weighted by Crippen LogP contribution is -2.43. The smallest absolute Gasteiger partial charge is 0.268 e. The normalized spacial score (nSPS) is 19.6. The molecule has 1 amide bonds. The Bertz CT molecular complexity index is 918. The fraction of sp³-hybridized carbons (Fsp3) is 0.522. The number of amides is 1. The zero-order chi connectivity index (χ0) is 20.9. The van der Waals surface area contributed by atoms with Crippen molar-refractivity contribution in [2.45, 2.75) is 38.6 Å². The molecule has 7 heteroatoms. The van der Waals surface area contributed by atoms with Crippen LogP contribution >= 0.6 is 0 Å². The van der Waals surface area contributed by atoms with E-state index < -0.39 is 0 Å². The highest BCUT2D eigenvalue weighted by Crippen LogP contribution is 2.23. The minimum Gasteiger partial charge on any atom is -0.372 e. The van der Waals surface area contributed by atoms with Crippen LogP contribution in [0, 0.1) is 5.92 Å². The third-order valence-electron chi connectivity index (χ3n) is 6.24. The van der Waals surface area contributed by atoms with Gasteiger partial charge in [-0.05, 0) is 49.8 Å². The average molecular weight is 410 g/mol. The van der Waals surface area contributed by atoms with E-state index in [2.05, 4.69) is 44.5 Å². The number of carbonyl (C=O) groups is 1. The van der Waals surface area contributed by atoms with Gasteiger partial charge in [0.15, 0.2) is 0 Å². The SMILES string of the molecule is Cn1ncc(N2CCC[C@H](C(=O)NCc3ccc(N4CCCCC4)cc3)C2)cc1=O. The third kappa shape index (κ3) is 4.83. The maximum atomic E-state index is 12.8. The molecule has 0 aliphatic carbocycles. The fourth-order valence-electron chi connectivity index (χ4n) is 4.37. The van der Waals surface area contributed by atoms with E-state index in [1.165, 1.54) is 29.6 Å². The lowest BCUT2D eigenvalue weighted by Gasteiger charge is -2.33. The summed E-state index contributed by atoms with van der Waals surface area (Å²) in [5.74, 6) is 0.00651. The number of nitrogens with zero attached hydrogens (tertiary/aromatic N) is 4. The van der Waals surface area contributed by atoms with Crippen LogP contribution in [0.2, 0.25) is 0 Å². The molecule has 1 aromatic carbocycles. The molecule has 30 heavy (non-hydrogen) atoms. The summed E-state index contributed by atoms with van der Waals surface area (Å²) in [5.41, 5.74) is 3.05. The highest BCUT2D eigenvalue weighted by atomic mass is 16.2. The number of hydrogen-bond donors (Lipinski definition) is 1. The van der Waals surface area contributed by atoms with Gasteiger partial charge in [0.2, 0.25) is 5.91 Å². The molecular formula is C23H31N5O2. The summed E-state index contributed by atoms with van der Waals surface area (Å²) in [6, 6.07) is 10.2. The number of piperidine rings is 2. The Morgan fingerprint density at radius 3 is 2.50 bits per heavy atom. The van der Waals surface area contributed by atoms with Crippen LogP contribution < -0.4 is 20.7 Å². The molecule has 1 atom stereocenters. The van der Waals surface area contributed by atoms with Crippen LogP contribution in [-0.2, 0) is 18.4 Å². The standard InChI is InChI=1S/C23H31N5O2/c1-26-22(29)14-21(16-25-26)28-13-5-6-19(17-28)23(30)24-15-18-7-9-20(10-8-18)27-11-3-2-4-12-27/h7-10,14,16,19H,2-6,11-13,15,17H2,1H3,(H,24,30)/t19-/m0/s1. The third-order valence-corrected chi connectivity index (χ3v) is 6.24. The first kappa shape index (κ1) is 20.4. The number of hydrogen-bond acceptors (Lipinski definition) is 5. The lowest BCUT2D eigenvalue weighted by molar-refractivity contribution is -0.125. The molecule has 1 aromatic heterocycles. The van der Waals surface area contributed by atoms with Crippen molar-refractivity contribution in [3.63, 3.8) is 0 Å². The minimum atomic E-state index is -0.132. The quantitative estimate of drug-likeness (QED) is 0.821. The van der Waals surface area contributed by atoms with E-state index >= 15 is 0 Å². The number of rotatable bonds is 5. The second kappa shape index (κ2) is 9.32. The Morgan fingerprint density at radius 2 is 1.77 bits per heavy atom. The van der Waals surface area contributed by atoms with Crippen LogP contribution in [-0.4, -0.2) is 41.9 Å². The van der Waals surface area contributed by atoms with Gasteiger partial charge in [-0.15, -0.1) is 0 Å². The average Bonchev–Trinajstić information content (AvgIpc) is 2.80. The molecule has 0 saturated carbocycles. The molecule has 2 aliphatic heterocycles. The zero-order valence-corrected chi connectivity index (χ0v) is 17.7. The number of aryl methyl sites for hydroxylation is 1. The van der Waals surface area contributed by atoms with Gasteiger partial charge >= 0.3 is 0 Å². The van der Waals surface area contributed by atoms with E-state index in [1.807, 2.05) is 0 Å². The van der Waals surface area contributed by atoms with E-state index in [4.69, 9.17) is 0 Å².